The maximum Gasteiger partial charge on any atom is 0.413 e. The van der Waals surface area contributed by atoms with E-state index in [1.54, 1.807) is 125 Å². The van der Waals surface area contributed by atoms with Crippen LogP contribution in [-0.2, 0) is 57.2 Å². The van der Waals surface area contributed by atoms with Gasteiger partial charge in [0, 0.05) is 31.1 Å². The third-order valence-electron chi connectivity index (χ3n) is 7.97. The quantitative estimate of drug-likeness (QED) is 0.00932. The van der Waals surface area contributed by atoms with Gasteiger partial charge in [0.2, 0.25) is 11.8 Å². The maximum atomic E-state index is 13.6. The molecule has 0 rings (SSSR count). The molecule has 30 heteroatoms. The molecule has 13 N–H and O–H groups in total. The molecule has 0 saturated heterocycles. The second-order valence-corrected chi connectivity index (χ2v) is 25.5. The minimum atomic E-state index is -1.44. The first-order chi connectivity index (χ1) is 37.6. The highest BCUT2D eigenvalue weighted by atomic mass is 33.1. The maximum absolute atomic E-state index is 13.6. The Morgan fingerprint density at radius 2 is 0.976 bits per heavy atom. The lowest BCUT2D eigenvalue weighted by Crippen LogP contribution is -2.60. The highest BCUT2D eigenvalue weighted by Gasteiger charge is 2.36. The summed E-state index contributed by atoms with van der Waals surface area (Å²) in [5.74, 6) is -1.84. The highest BCUT2D eigenvalue weighted by Crippen LogP contribution is 2.23. The summed E-state index contributed by atoms with van der Waals surface area (Å²) in [6, 6.07) is -1.35. The fraction of sp³-hybridized carbons (Fsp3) is 0.769. The monoisotopic (exact) mass is 1220 g/mol. The van der Waals surface area contributed by atoms with Gasteiger partial charge in [-0.25, -0.2) is 24.0 Å². The van der Waals surface area contributed by atoms with Crippen LogP contribution >= 0.6 is 21.6 Å². The predicted octanol–water partition coefficient (Wildman–Crippen LogP) is 4.58. The molecule has 0 aromatic heterocycles. The standard InChI is InChI=1S/C47H90N10O16S2.2C2H4.CH6N2/c1-42(2,3)68-36(60)34(51-27-52-38(62)70-44(7,8)9)31(66-25-33(59)50-26-48)24-49-35(37(61)69-43(4,5)6)55-32(58)20-23-75-74-22-19-21-67-54-29-57(41(65)73-47(16,17)18)30-56(40(64)72-46(13,14)15)28-53-39(63)71-45(10,11)12;2*1-2;2-1-3/h31,34-35,49,51,54H,19-30,48H2,1-18H3,(H,50,59)(H,52,62)(H,53,63)(H,55,58);2*1-2H2;1-3H2. The molecule has 0 aromatic carbocycles. The van der Waals surface area contributed by atoms with E-state index >= 15 is 0 Å². The van der Waals surface area contributed by atoms with Crippen LogP contribution in [0.4, 0.5) is 19.2 Å². The normalized spacial score (nSPS) is 12.6. The fourth-order valence-electron chi connectivity index (χ4n) is 5.24. The van der Waals surface area contributed by atoms with Gasteiger partial charge >= 0.3 is 36.3 Å². The van der Waals surface area contributed by atoms with Gasteiger partial charge in [-0.05, 0) is 131 Å². The van der Waals surface area contributed by atoms with Crippen molar-refractivity contribution >= 4 is 69.7 Å². The summed E-state index contributed by atoms with van der Waals surface area (Å²) in [7, 11) is 2.87. The van der Waals surface area contributed by atoms with E-state index in [1.165, 1.54) is 21.6 Å². The lowest BCUT2D eigenvalue weighted by Gasteiger charge is -2.33. The number of hydroxylamine groups is 1. The average Bonchev–Trinajstić information content (AvgIpc) is 3.29. The molecule has 0 radical (unpaired) electrons. The van der Waals surface area contributed by atoms with Crippen LogP contribution in [0.25, 0.3) is 0 Å². The van der Waals surface area contributed by atoms with Gasteiger partial charge in [-0.2, -0.15) is 5.48 Å². The van der Waals surface area contributed by atoms with E-state index in [-0.39, 0.29) is 59.6 Å². The van der Waals surface area contributed by atoms with Crippen LogP contribution in [0.5, 0.6) is 0 Å². The van der Waals surface area contributed by atoms with Crippen LogP contribution in [0.1, 0.15) is 137 Å². The smallest absolute Gasteiger partial charge is 0.413 e. The summed E-state index contributed by atoms with van der Waals surface area (Å²) in [6.45, 7) is 40.3. The first-order valence-corrected chi connectivity index (χ1v) is 28.8. The van der Waals surface area contributed by atoms with E-state index < -0.39 is 107 Å². The molecule has 0 aliphatic heterocycles. The van der Waals surface area contributed by atoms with Gasteiger partial charge in [-0.1, -0.05) is 21.6 Å². The van der Waals surface area contributed by atoms with Gasteiger partial charge in [-0.15, -0.1) is 26.3 Å². The Hall–Kier alpha value is -5.18. The molecule has 480 valence electrons. The SMILES string of the molecule is C=C.C=C.CC(C)(C)OC(=O)NCNC(C(=O)OC(C)(C)C)C(CNC(NC(=O)CCSSCCCONCN(CN(CNC(=O)OC(C)(C)C)C(=O)OC(C)(C)C)C(=O)OC(C)(C)C)C(=O)OC(C)(C)C)OCC(=O)NCN.NCN. The minimum Gasteiger partial charge on any atom is -0.459 e. The Morgan fingerprint density at radius 1 is 0.537 bits per heavy atom. The zero-order chi connectivity index (χ0) is 64.7. The summed E-state index contributed by atoms with van der Waals surface area (Å²) in [6.07, 6.45) is -5.31. The number of carbonyl (C=O) groups excluding carboxylic acids is 8. The van der Waals surface area contributed by atoms with Crippen molar-refractivity contribution < 1.29 is 76.4 Å². The highest BCUT2D eigenvalue weighted by molar-refractivity contribution is 8.76. The Labute approximate surface area is 495 Å². The number of esters is 2. The Bertz CT molecular complexity index is 1870. The van der Waals surface area contributed by atoms with Crippen LogP contribution in [0.15, 0.2) is 26.3 Å². The molecule has 6 amide bonds. The largest absolute Gasteiger partial charge is 0.459 e. The molecule has 0 fully saturated rings. The molecule has 0 bridgehead atoms. The molecule has 0 spiro atoms. The number of nitrogens with two attached hydrogens (primary N) is 3. The molecule has 3 atom stereocenters. The number of ether oxygens (including phenoxy) is 7. The van der Waals surface area contributed by atoms with Gasteiger partial charge in [0.25, 0.3) is 0 Å². The lowest BCUT2D eigenvalue weighted by molar-refractivity contribution is -0.163. The Balaban J connectivity index is -0.00000414. The number of hydrogen-bond donors (Lipinski definition) is 10. The van der Waals surface area contributed by atoms with Crippen molar-refractivity contribution in [2.24, 2.45) is 17.2 Å². The van der Waals surface area contributed by atoms with Crippen LogP contribution in [-0.4, -0.2) is 181 Å². The van der Waals surface area contributed by atoms with E-state index in [1.807, 2.05) is 0 Å². The molecule has 28 nitrogen and oxygen atoms in total. The average molecular weight is 1220 g/mol. The topological polar surface area (TPSA) is 379 Å². The van der Waals surface area contributed by atoms with Gasteiger partial charge in [-0.3, -0.25) is 34.8 Å². The number of rotatable bonds is 29. The van der Waals surface area contributed by atoms with Crippen molar-refractivity contribution in [1.82, 2.24) is 47.2 Å². The summed E-state index contributed by atoms with van der Waals surface area (Å²) < 4.78 is 38.8. The zero-order valence-electron chi connectivity index (χ0n) is 52.2. The van der Waals surface area contributed by atoms with Crippen LogP contribution in [0.2, 0.25) is 0 Å². The molecular weight excluding hydrogens is 1110 g/mol. The minimum absolute atomic E-state index is 0.0115. The van der Waals surface area contributed by atoms with E-state index in [9.17, 15) is 38.4 Å². The van der Waals surface area contributed by atoms with E-state index in [0.29, 0.717) is 17.9 Å². The zero-order valence-corrected chi connectivity index (χ0v) is 53.9. The van der Waals surface area contributed by atoms with E-state index in [4.69, 9.17) is 43.7 Å². The summed E-state index contributed by atoms with van der Waals surface area (Å²) in [4.78, 5) is 112. The third-order valence-corrected chi connectivity index (χ3v) is 10.5. The van der Waals surface area contributed by atoms with Crippen LogP contribution in [0.3, 0.4) is 0 Å². The fourth-order valence-corrected chi connectivity index (χ4v) is 7.29. The van der Waals surface area contributed by atoms with Crippen LogP contribution < -0.4 is 54.6 Å². The predicted molar refractivity (Wildman–Crippen MR) is 319 cm³/mol. The second kappa shape index (κ2) is 42.6. The van der Waals surface area contributed by atoms with Crippen molar-refractivity contribution in [3.8, 4) is 0 Å². The number of amides is 6. The van der Waals surface area contributed by atoms with E-state index in [2.05, 4.69) is 75.2 Å². The van der Waals surface area contributed by atoms with Gasteiger partial charge in [0.15, 0.2) is 6.17 Å². The number of alkyl carbamates (subject to hydrolysis) is 2. The van der Waals surface area contributed by atoms with Gasteiger partial charge in [0.05, 0.1) is 32.7 Å². The van der Waals surface area contributed by atoms with E-state index in [0.717, 1.165) is 9.80 Å². The number of carbonyl (C=O) groups is 8. The summed E-state index contributed by atoms with van der Waals surface area (Å²) in [5.41, 5.74) is 12.1. The first-order valence-electron chi connectivity index (χ1n) is 26.3. The van der Waals surface area contributed by atoms with Crippen molar-refractivity contribution in [2.75, 3.05) is 71.3 Å². The number of nitrogens with one attached hydrogen (secondary N) is 7. The summed E-state index contributed by atoms with van der Waals surface area (Å²) >= 11 is 0. The lowest BCUT2D eigenvalue weighted by atomic mass is 10.1. The Morgan fingerprint density at radius 3 is 1.44 bits per heavy atom. The number of hydrogen-bond acceptors (Lipinski definition) is 24. The van der Waals surface area contributed by atoms with Gasteiger partial charge < -0.3 is 76.5 Å². The van der Waals surface area contributed by atoms with Gasteiger partial charge in [0.1, 0.15) is 59.6 Å². The van der Waals surface area contributed by atoms with Crippen molar-refractivity contribution in [2.45, 2.75) is 189 Å². The molecule has 0 aromatic rings. The first kappa shape index (κ1) is 83.3. The van der Waals surface area contributed by atoms with Crippen molar-refractivity contribution in [1.29, 1.82) is 0 Å². The van der Waals surface area contributed by atoms with Crippen molar-refractivity contribution in [3.05, 3.63) is 26.3 Å². The molecule has 3 unspecified atom stereocenters. The molecular formula is C52H104N12O16S2. The summed E-state index contributed by atoms with van der Waals surface area (Å²) in [5, 5.41) is 15.8. The van der Waals surface area contributed by atoms with Crippen LogP contribution in [0, 0.1) is 0 Å². The molecule has 0 saturated carbocycles. The second-order valence-electron chi connectivity index (χ2n) is 22.8. The number of nitrogens with zero attached hydrogens (tertiary/aromatic N) is 2. The van der Waals surface area contributed by atoms with Crippen molar-refractivity contribution in [3.63, 3.8) is 0 Å². The molecule has 0 aliphatic carbocycles. The molecule has 82 heavy (non-hydrogen) atoms. The third kappa shape index (κ3) is 50.5. The Kier molecular flexibility index (Phi) is 43.3. The molecule has 0 heterocycles. The molecule has 0 aliphatic rings.